The van der Waals surface area contributed by atoms with Crippen molar-refractivity contribution in [3.8, 4) is 0 Å². The molecule has 1 aliphatic rings. The minimum Gasteiger partial charge on any atom is -0.0651 e. The molecule has 0 bridgehead atoms. The summed E-state index contributed by atoms with van der Waals surface area (Å²) in [6.45, 7) is 4.77. The third-order valence-corrected chi connectivity index (χ3v) is 3.60. The maximum Gasteiger partial charge on any atom is -0.0389 e. The lowest BCUT2D eigenvalue weighted by atomic mass is 9.82. The Morgan fingerprint density at radius 1 is 1.00 bits per heavy atom. The van der Waals surface area contributed by atoms with Gasteiger partial charge in [-0.1, -0.05) is 65.2 Å². The molecule has 0 heteroatoms. The molecule has 0 radical (unpaired) electrons. The van der Waals surface area contributed by atoms with Crippen molar-refractivity contribution in [3.63, 3.8) is 0 Å². The standard InChI is InChI=1S/C12H24/c1-3-11(2)12-9-7-5-4-6-8-10-12/h11-12H,3-10H2,1-2H3. The minimum absolute atomic E-state index is 0.975. The summed E-state index contributed by atoms with van der Waals surface area (Å²) >= 11 is 0. The Kier molecular flexibility index (Phi) is 4.72. The fourth-order valence-electron chi connectivity index (χ4n) is 2.39. The van der Waals surface area contributed by atoms with E-state index in [1.165, 1.54) is 51.4 Å². The predicted octanol–water partition coefficient (Wildman–Crippen LogP) is 4.39. The van der Waals surface area contributed by atoms with Crippen LogP contribution in [0.25, 0.3) is 0 Å². The molecule has 0 aromatic carbocycles. The van der Waals surface area contributed by atoms with Crippen LogP contribution in [-0.2, 0) is 0 Å². The summed E-state index contributed by atoms with van der Waals surface area (Å²) in [5, 5.41) is 0. The van der Waals surface area contributed by atoms with E-state index in [4.69, 9.17) is 0 Å². The maximum absolute atomic E-state index is 2.44. The van der Waals surface area contributed by atoms with Crippen molar-refractivity contribution in [1.29, 1.82) is 0 Å². The SMILES string of the molecule is CCC(C)C1CCCCCCC1. The van der Waals surface area contributed by atoms with Crippen LogP contribution >= 0.6 is 0 Å². The van der Waals surface area contributed by atoms with Gasteiger partial charge in [-0.3, -0.25) is 0 Å². The Labute approximate surface area is 77.7 Å². The van der Waals surface area contributed by atoms with Crippen LogP contribution < -0.4 is 0 Å². The molecule has 0 nitrogen and oxygen atoms in total. The van der Waals surface area contributed by atoms with Crippen molar-refractivity contribution in [2.75, 3.05) is 0 Å². The molecule has 0 heterocycles. The van der Waals surface area contributed by atoms with E-state index >= 15 is 0 Å². The fourth-order valence-corrected chi connectivity index (χ4v) is 2.39. The Morgan fingerprint density at radius 3 is 2.00 bits per heavy atom. The predicted molar refractivity (Wildman–Crippen MR) is 55.3 cm³/mol. The maximum atomic E-state index is 2.44. The van der Waals surface area contributed by atoms with Crippen molar-refractivity contribution in [3.05, 3.63) is 0 Å². The molecule has 1 rings (SSSR count). The lowest BCUT2D eigenvalue weighted by molar-refractivity contribution is 0.275. The van der Waals surface area contributed by atoms with Gasteiger partial charge in [0, 0.05) is 0 Å². The van der Waals surface area contributed by atoms with E-state index in [1.807, 2.05) is 0 Å². The van der Waals surface area contributed by atoms with Gasteiger partial charge in [0.05, 0.1) is 0 Å². The van der Waals surface area contributed by atoms with Crippen LogP contribution in [0.3, 0.4) is 0 Å². The van der Waals surface area contributed by atoms with E-state index in [-0.39, 0.29) is 0 Å². The highest BCUT2D eigenvalue weighted by Gasteiger charge is 2.16. The molecule has 0 amide bonds. The molecule has 0 aromatic heterocycles. The molecule has 0 saturated heterocycles. The van der Waals surface area contributed by atoms with Gasteiger partial charge >= 0.3 is 0 Å². The van der Waals surface area contributed by atoms with Gasteiger partial charge in [-0.15, -0.1) is 0 Å². The Bertz CT molecular complexity index is 98.6. The van der Waals surface area contributed by atoms with Gasteiger partial charge in [-0.05, 0) is 11.8 Å². The summed E-state index contributed by atoms with van der Waals surface area (Å²) in [4.78, 5) is 0. The molecule has 1 saturated carbocycles. The first-order chi connectivity index (χ1) is 5.84. The first-order valence-corrected chi connectivity index (χ1v) is 5.84. The van der Waals surface area contributed by atoms with E-state index in [0.717, 1.165) is 11.8 Å². The van der Waals surface area contributed by atoms with Crippen LogP contribution in [0.4, 0.5) is 0 Å². The highest BCUT2D eigenvalue weighted by Crippen LogP contribution is 2.29. The zero-order valence-corrected chi connectivity index (χ0v) is 8.81. The molecule has 0 spiro atoms. The summed E-state index contributed by atoms with van der Waals surface area (Å²) in [6, 6.07) is 0. The second kappa shape index (κ2) is 5.61. The number of hydrogen-bond acceptors (Lipinski definition) is 0. The van der Waals surface area contributed by atoms with Crippen molar-refractivity contribution in [2.24, 2.45) is 11.8 Å². The van der Waals surface area contributed by atoms with Crippen LogP contribution in [-0.4, -0.2) is 0 Å². The number of rotatable bonds is 2. The molecule has 0 aromatic rings. The molecular formula is C12H24. The molecule has 12 heavy (non-hydrogen) atoms. The third-order valence-electron chi connectivity index (χ3n) is 3.60. The molecule has 0 N–H and O–H groups in total. The largest absolute Gasteiger partial charge is 0.0651 e. The molecule has 72 valence electrons. The topological polar surface area (TPSA) is 0 Å². The van der Waals surface area contributed by atoms with Crippen molar-refractivity contribution in [2.45, 2.75) is 65.2 Å². The van der Waals surface area contributed by atoms with Gasteiger partial charge in [0.1, 0.15) is 0 Å². The van der Waals surface area contributed by atoms with Gasteiger partial charge in [0.2, 0.25) is 0 Å². The summed E-state index contributed by atoms with van der Waals surface area (Å²) in [7, 11) is 0. The van der Waals surface area contributed by atoms with Crippen molar-refractivity contribution >= 4 is 0 Å². The summed E-state index contributed by atoms with van der Waals surface area (Å²) in [5.74, 6) is 2.03. The quantitative estimate of drug-likeness (QED) is 0.573. The third kappa shape index (κ3) is 3.16. The van der Waals surface area contributed by atoms with Gasteiger partial charge in [0.15, 0.2) is 0 Å². The van der Waals surface area contributed by atoms with Gasteiger partial charge < -0.3 is 0 Å². The van der Waals surface area contributed by atoms with E-state index in [9.17, 15) is 0 Å². The van der Waals surface area contributed by atoms with E-state index in [1.54, 1.807) is 0 Å². The summed E-state index contributed by atoms with van der Waals surface area (Å²) in [5.41, 5.74) is 0. The molecule has 1 atom stereocenters. The zero-order chi connectivity index (χ0) is 8.81. The van der Waals surface area contributed by atoms with Gasteiger partial charge in [-0.25, -0.2) is 0 Å². The zero-order valence-electron chi connectivity index (χ0n) is 8.81. The lowest BCUT2D eigenvalue weighted by Gasteiger charge is -2.24. The van der Waals surface area contributed by atoms with Crippen LogP contribution in [0.5, 0.6) is 0 Å². The van der Waals surface area contributed by atoms with E-state index in [2.05, 4.69) is 13.8 Å². The van der Waals surface area contributed by atoms with Crippen LogP contribution in [0.15, 0.2) is 0 Å². The average molecular weight is 168 g/mol. The number of hydrogen-bond donors (Lipinski definition) is 0. The highest BCUT2D eigenvalue weighted by molar-refractivity contribution is 4.68. The van der Waals surface area contributed by atoms with Crippen molar-refractivity contribution in [1.82, 2.24) is 0 Å². The van der Waals surface area contributed by atoms with Gasteiger partial charge in [-0.2, -0.15) is 0 Å². The normalized spacial score (nSPS) is 24.5. The Balaban J connectivity index is 2.29. The van der Waals surface area contributed by atoms with Crippen molar-refractivity contribution < 1.29 is 0 Å². The van der Waals surface area contributed by atoms with Crippen LogP contribution in [0, 0.1) is 11.8 Å². The molecular weight excluding hydrogens is 144 g/mol. The summed E-state index contributed by atoms with van der Waals surface area (Å²) in [6.07, 6.45) is 11.9. The Morgan fingerprint density at radius 2 is 1.50 bits per heavy atom. The van der Waals surface area contributed by atoms with E-state index < -0.39 is 0 Å². The van der Waals surface area contributed by atoms with Crippen LogP contribution in [0.1, 0.15) is 65.2 Å². The summed E-state index contributed by atoms with van der Waals surface area (Å²) < 4.78 is 0. The Hall–Kier alpha value is 0. The van der Waals surface area contributed by atoms with E-state index in [0.29, 0.717) is 0 Å². The molecule has 1 aliphatic carbocycles. The smallest absolute Gasteiger partial charge is 0.0389 e. The minimum atomic E-state index is 0.975. The average Bonchev–Trinajstić information content (AvgIpc) is 2.02. The highest BCUT2D eigenvalue weighted by atomic mass is 14.2. The first kappa shape index (κ1) is 10.1. The van der Waals surface area contributed by atoms with Crippen LogP contribution in [0.2, 0.25) is 0 Å². The van der Waals surface area contributed by atoms with Gasteiger partial charge in [0.25, 0.3) is 0 Å². The fraction of sp³-hybridized carbons (Fsp3) is 1.00. The monoisotopic (exact) mass is 168 g/mol. The molecule has 1 unspecified atom stereocenters. The lowest BCUT2D eigenvalue weighted by Crippen LogP contribution is -2.12. The molecule has 1 fully saturated rings. The molecule has 0 aliphatic heterocycles. The second-order valence-electron chi connectivity index (χ2n) is 4.49. The first-order valence-electron chi connectivity index (χ1n) is 5.84. The second-order valence-corrected chi connectivity index (χ2v) is 4.49.